The Morgan fingerprint density at radius 2 is 2.28 bits per heavy atom. The van der Waals surface area contributed by atoms with Gasteiger partial charge in [-0.2, -0.15) is 0 Å². The molecule has 3 N–H and O–H groups in total. The van der Waals surface area contributed by atoms with E-state index in [0.717, 1.165) is 0 Å². The van der Waals surface area contributed by atoms with Crippen molar-refractivity contribution in [2.45, 2.75) is 20.0 Å². The van der Waals surface area contributed by atoms with Crippen LogP contribution < -0.4 is 10.5 Å². The minimum atomic E-state index is -0.0920. The third-order valence-corrected chi connectivity index (χ3v) is 2.38. The second kappa shape index (κ2) is 7.03. The Morgan fingerprint density at radius 1 is 1.56 bits per heavy atom. The van der Waals surface area contributed by atoms with Gasteiger partial charge in [0.2, 0.25) is 5.88 Å². The first kappa shape index (κ1) is 14.5. The first-order chi connectivity index (χ1) is 8.56. The van der Waals surface area contributed by atoms with Crippen LogP contribution in [0, 0.1) is 0 Å². The second-order valence-electron chi connectivity index (χ2n) is 3.73. The van der Waals surface area contributed by atoms with Crippen molar-refractivity contribution in [2.24, 2.45) is 10.9 Å². The molecule has 0 atom stereocenters. The molecule has 0 saturated heterocycles. The van der Waals surface area contributed by atoms with Gasteiger partial charge in [-0.15, -0.1) is 0 Å². The van der Waals surface area contributed by atoms with Crippen molar-refractivity contribution >= 4 is 17.4 Å². The maximum absolute atomic E-state index is 8.60. The lowest BCUT2D eigenvalue weighted by molar-refractivity contribution is 0.0543. The molecule has 1 aromatic rings. The highest BCUT2D eigenvalue weighted by atomic mass is 35.5. The van der Waals surface area contributed by atoms with Gasteiger partial charge in [-0.05, 0) is 19.9 Å². The third kappa shape index (κ3) is 4.05. The molecule has 18 heavy (non-hydrogen) atoms. The van der Waals surface area contributed by atoms with Gasteiger partial charge in [0.25, 0.3) is 0 Å². The molecule has 0 aliphatic heterocycles. The fourth-order valence-electron chi connectivity index (χ4n) is 1.20. The summed E-state index contributed by atoms with van der Waals surface area (Å²) in [7, 11) is 0. The van der Waals surface area contributed by atoms with Gasteiger partial charge in [-0.25, -0.2) is 4.98 Å². The molecule has 0 saturated carbocycles. The van der Waals surface area contributed by atoms with Crippen molar-refractivity contribution in [2.75, 3.05) is 13.2 Å². The van der Waals surface area contributed by atoms with Crippen LogP contribution in [0.2, 0.25) is 5.02 Å². The molecule has 0 fully saturated rings. The summed E-state index contributed by atoms with van der Waals surface area (Å²) in [5.41, 5.74) is 5.84. The van der Waals surface area contributed by atoms with Gasteiger partial charge < -0.3 is 20.4 Å². The summed E-state index contributed by atoms with van der Waals surface area (Å²) in [6.07, 6.45) is 1.61. The van der Waals surface area contributed by atoms with Crippen molar-refractivity contribution < 1.29 is 14.7 Å². The zero-order chi connectivity index (χ0) is 13.5. The zero-order valence-corrected chi connectivity index (χ0v) is 11.0. The Kier molecular flexibility index (Phi) is 5.67. The number of amidine groups is 1. The van der Waals surface area contributed by atoms with Gasteiger partial charge in [0.15, 0.2) is 5.84 Å². The summed E-state index contributed by atoms with van der Waals surface area (Å²) >= 11 is 6.02. The molecule has 1 rings (SSSR count). The predicted molar refractivity (Wildman–Crippen MR) is 68.3 cm³/mol. The van der Waals surface area contributed by atoms with E-state index < -0.39 is 0 Å². The number of rotatable bonds is 6. The van der Waals surface area contributed by atoms with E-state index in [-0.39, 0.29) is 22.8 Å². The number of pyridine rings is 1. The van der Waals surface area contributed by atoms with Crippen LogP contribution in [0.25, 0.3) is 0 Å². The van der Waals surface area contributed by atoms with Crippen molar-refractivity contribution in [1.29, 1.82) is 0 Å². The maximum Gasteiger partial charge on any atom is 0.233 e. The summed E-state index contributed by atoms with van der Waals surface area (Å²) in [6, 6.07) is 1.54. The third-order valence-electron chi connectivity index (χ3n) is 2.01. The monoisotopic (exact) mass is 273 g/mol. The maximum atomic E-state index is 8.60. The topological polar surface area (TPSA) is 90.0 Å². The van der Waals surface area contributed by atoms with Gasteiger partial charge in [0.05, 0.1) is 12.7 Å². The van der Waals surface area contributed by atoms with E-state index in [1.165, 1.54) is 12.3 Å². The minimum Gasteiger partial charge on any atom is -0.474 e. The van der Waals surface area contributed by atoms with E-state index >= 15 is 0 Å². The van der Waals surface area contributed by atoms with E-state index in [2.05, 4.69) is 10.1 Å². The van der Waals surface area contributed by atoms with E-state index in [1.807, 2.05) is 13.8 Å². The molecule has 0 amide bonds. The van der Waals surface area contributed by atoms with Crippen LogP contribution in [0.1, 0.15) is 19.4 Å². The van der Waals surface area contributed by atoms with Gasteiger partial charge in [0.1, 0.15) is 11.6 Å². The first-order valence-corrected chi connectivity index (χ1v) is 5.80. The average molecular weight is 274 g/mol. The molecule has 0 aliphatic rings. The van der Waals surface area contributed by atoms with Crippen LogP contribution in [0.5, 0.6) is 5.88 Å². The summed E-state index contributed by atoms with van der Waals surface area (Å²) in [5, 5.41) is 11.7. The van der Waals surface area contributed by atoms with Gasteiger partial charge in [-0.3, -0.25) is 0 Å². The van der Waals surface area contributed by atoms with Crippen LogP contribution >= 0.6 is 11.6 Å². The molecule has 1 aromatic heterocycles. The number of hydrogen-bond donors (Lipinski definition) is 2. The number of oxime groups is 1. The van der Waals surface area contributed by atoms with E-state index in [1.54, 1.807) is 0 Å². The largest absolute Gasteiger partial charge is 0.474 e. The fourth-order valence-corrected chi connectivity index (χ4v) is 1.46. The molecule has 0 bridgehead atoms. The van der Waals surface area contributed by atoms with Gasteiger partial charge >= 0.3 is 0 Å². The average Bonchev–Trinajstić information content (AvgIpc) is 2.35. The highest BCUT2D eigenvalue weighted by Gasteiger charge is 2.12. The molecule has 7 heteroatoms. The smallest absolute Gasteiger partial charge is 0.233 e. The summed E-state index contributed by atoms with van der Waals surface area (Å²) < 4.78 is 10.7. The van der Waals surface area contributed by atoms with Gasteiger partial charge in [-0.1, -0.05) is 16.8 Å². The van der Waals surface area contributed by atoms with Crippen molar-refractivity contribution in [3.63, 3.8) is 0 Å². The standard InChI is InChI=1S/C11H16ClN3O3/c1-7(2)17-5-6-18-11-9(12)8(3-4-14-11)10(13)15-16/h3-4,7,16H,5-6H2,1-2H3,(H2,13,15). The Morgan fingerprint density at radius 3 is 2.89 bits per heavy atom. The Labute approximate surface area is 110 Å². The molecule has 6 nitrogen and oxygen atoms in total. The van der Waals surface area contributed by atoms with E-state index in [9.17, 15) is 0 Å². The molecule has 0 spiro atoms. The predicted octanol–water partition coefficient (Wildman–Crippen LogP) is 1.63. The lowest BCUT2D eigenvalue weighted by Crippen LogP contribution is -2.15. The highest BCUT2D eigenvalue weighted by molar-refractivity contribution is 6.35. The van der Waals surface area contributed by atoms with Crippen LogP contribution in [-0.2, 0) is 4.74 Å². The normalized spacial score (nSPS) is 11.9. The second-order valence-corrected chi connectivity index (χ2v) is 4.11. The van der Waals surface area contributed by atoms with E-state index in [0.29, 0.717) is 18.8 Å². The number of halogens is 1. The Hall–Kier alpha value is -1.53. The lowest BCUT2D eigenvalue weighted by atomic mass is 10.2. The SMILES string of the molecule is CC(C)OCCOc1nccc(/C(N)=N/O)c1Cl. The molecule has 100 valence electrons. The number of hydrogen-bond acceptors (Lipinski definition) is 5. The Bertz CT molecular complexity index is 424. The highest BCUT2D eigenvalue weighted by Crippen LogP contribution is 2.25. The lowest BCUT2D eigenvalue weighted by Gasteiger charge is -2.10. The van der Waals surface area contributed by atoms with Crippen LogP contribution in [-0.4, -0.2) is 35.3 Å². The molecule has 0 radical (unpaired) electrons. The van der Waals surface area contributed by atoms with E-state index in [4.69, 9.17) is 32.0 Å². The quantitative estimate of drug-likeness (QED) is 0.270. The summed E-state index contributed by atoms with van der Waals surface area (Å²) in [5.74, 6) is 0.138. The number of nitrogens with zero attached hydrogens (tertiary/aromatic N) is 2. The van der Waals surface area contributed by atoms with Gasteiger partial charge in [0, 0.05) is 11.8 Å². The molecule has 1 heterocycles. The molecular weight excluding hydrogens is 258 g/mol. The molecule has 0 unspecified atom stereocenters. The minimum absolute atomic E-state index is 0.0920. The summed E-state index contributed by atoms with van der Waals surface area (Å²) in [4.78, 5) is 3.97. The fraction of sp³-hybridized carbons (Fsp3) is 0.455. The number of nitrogens with two attached hydrogens (primary N) is 1. The summed E-state index contributed by atoms with van der Waals surface area (Å²) in [6.45, 7) is 4.63. The van der Waals surface area contributed by atoms with Crippen molar-refractivity contribution in [3.05, 3.63) is 22.8 Å². The Balaban J connectivity index is 2.67. The molecule has 0 aromatic carbocycles. The van der Waals surface area contributed by atoms with Crippen molar-refractivity contribution in [3.8, 4) is 5.88 Å². The van der Waals surface area contributed by atoms with Crippen LogP contribution in [0.4, 0.5) is 0 Å². The van der Waals surface area contributed by atoms with Crippen LogP contribution in [0.3, 0.4) is 0 Å². The first-order valence-electron chi connectivity index (χ1n) is 5.43. The van der Waals surface area contributed by atoms with Crippen molar-refractivity contribution in [1.82, 2.24) is 4.98 Å². The van der Waals surface area contributed by atoms with Crippen LogP contribution in [0.15, 0.2) is 17.4 Å². The molecular formula is C11H16ClN3O3. The molecule has 0 aliphatic carbocycles. The number of ether oxygens (including phenoxy) is 2. The zero-order valence-electron chi connectivity index (χ0n) is 10.3. The number of aromatic nitrogens is 1.